The number of aliphatic hydroxyl groups excluding tert-OH is 1. The first kappa shape index (κ1) is 14.8. The number of methoxy groups -OCH3 is 2. The Kier molecular flexibility index (Phi) is 5.44. The molecule has 0 heterocycles. The fourth-order valence-electron chi connectivity index (χ4n) is 1.64. The number of rotatable bonds is 7. The molecular weight excluding hydrogens is 230 g/mol. The molecule has 0 aliphatic heterocycles. The zero-order valence-corrected chi connectivity index (χ0v) is 11.6. The number of aliphatic hydroxyl groups is 1. The molecule has 0 unspecified atom stereocenters. The van der Waals surface area contributed by atoms with Gasteiger partial charge in [-0.1, -0.05) is 6.07 Å². The van der Waals surface area contributed by atoms with E-state index in [9.17, 15) is 0 Å². The number of benzene rings is 1. The number of hydrogen-bond acceptors (Lipinski definition) is 4. The second-order valence-electron chi connectivity index (χ2n) is 4.91. The normalized spacial score (nSPS) is 11.4. The number of hydrogen-bond donors (Lipinski definition) is 2. The smallest absolute Gasteiger partial charge is 0.160 e. The summed E-state index contributed by atoms with van der Waals surface area (Å²) in [7, 11) is 3.26. The summed E-state index contributed by atoms with van der Waals surface area (Å²) in [6.07, 6.45) is 0.879. The van der Waals surface area contributed by atoms with Gasteiger partial charge in [0.15, 0.2) is 11.5 Å². The van der Waals surface area contributed by atoms with Gasteiger partial charge in [0.1, 0.15) is 0 Å². The molecule has 4 heteroatoms. The Labute approximate surface area is 109 Å². The summed E-state index contributed by atoms with van der Waals surface area (Å²) in [5, 5.41) is 12.4. The molecule has 0 radical (unpaired) electrons. The summed E-state index contributed by atoms with van der Waals surface area (Å²) >= 11 is 0. The van der Waals surface area contributed by atoms with E-state index in [-0.39, 0.29) is 12.1 Å². The lowest BCUT2D eigenvalue weighted by atomic mass is 10.1. The molecule has 0 saturated carbocycles. The highest BCUT2D eigenvalue weighted by atomic mass is 16.5. The molecule has 1 aromatic carbocycles. The van der Waals surface area contributed by atoms with Crippen LogP contribution in [0.15, 0.2) is 18.2 Å². The van der Waals surface area contributed by atoms with E-state index in [1.807, 2.05) is 32.0 Å². The minimum Gasteiger partial charge on any atom is -0.493 e. The number of ether oxygens (including phenoxy) is 2. The molecule has 0 fully saturated rings. The van der Waals surface area contributed by atoms with Crippen molar-refractivity contribution in [2.45, 2.75) is 25.8 Å². The first-order valence-corrected chi connectivity index (χ1v) is 6.09. The van der Waals surface area contributed by atoms with Crippen molar-refractivity contribution >= 4 is 0 Å². The zero-order valence-electron chi connectivity index (χ0n) is 11.6. The van der Waals surface area contributed by atoms with E-state index in [2.05, 4.69) is 5.32 Å². The second-order valence-corrected chi connectivity index (χ2v) is 4.91. The highest BCUT2D eigenvalue weighted by Gasteiger charge is 2.14. The van der Waals surface area contributed by atoms with Crippen molar-refractivity contribution in [3.05, 3.63) is 23.8 Å². The Hall–Kier alpha value is -1.26. The van der Waals surface area contributed by atoms with Gasteiger partial charge in [0, 0.05) is 5.54 Å². The van der Waals surface area contributed by atoms with Crippen LogP contribution in [0.25, 0.3) is 0 Å². The summed E-state index contributed by atoms with van der Waals surface area (Å²) < 4.78 is 10.5. The second kappa shape index (κ2) is 6.61. The standard InChI is InChI=1S/C14H23NO3/c1-14(2,10-16)15-8-7-11-5-6-12(17-3)13(9-11)18-4/h5-6,9,15-16H,7-8,10H2,1-4H3. The molecule has 0 aliphatic rings. The van der Waals surface area contributed by atoms with Gasteiger partial charge >= 0.3 is 0 Å². The van der Waals surface area contributed by atoms with Crippen LogP contribution in [0, 0.1) is 0 Å². The first-order chi connectivity index (χ1) is 8.52. The van der Waals surface area contributed by atoms with Crippen LogP contribution in [0.4, 0.5) is 0 Å². The van der Waals surface area contributed by atoms with Crippen LogP contribution < -0.4 is 14.8 Å². The van der Waals surface area contributed by atoms with Crippen LogP contribution in [0.2, 0.25) is 0 Å². The molecule has 1 aromatic rings. The van der Waals surface area contributed by atoms with Gasteiger partial charge in [-0.15, -0.1) is 0 Å². The maximum atomic E-state index is 9.14. The Bertz CT molecular complexity index is 377. The van der Waals surface area contributed by atoms with E-state index >= 15 is 0 Å². The Balaban J connectivity index is 2.58. The molecule has 18 heavy (non-hydrogen) atoms. The molecule has 0 atom stereocenters. The van der Waals surface area contributed by atoms with Crippen molar-refractivity contribution < 1.29 is 14.6 Å². The lowest BCUT2D eigenvalue weighted by Gasteiger charge is -2.23. The predicted octanol–water partition coefficient (Wildman–Crippen LogP) is 1.61. The van der Waals surface area contributed by atoms with Crippen LogP contribution in [0.5, 0.6) is 11.5 Å². The minimum atomic E-state index is -0.240. The third kappa shape index (κ3) is 4.20. The average molecular weight is 253 g/mol. The van der Waals surface area contributed by atoms with Crippen molar-refractivity contribution in [2.24, 2.45) is 0 Å². The molecule has 0 bridgehead atoms. The van der Waals surface area contributed by atoms with Gasteiger partial charge in [-0.2, -0.15) is 0 Å². The van der Waals surface area contributed by atoms with Gasteiger partial charge in [-0.25, -0.2) is 0 Å². The Morgan fingerprint density at radius 3 is 2.39 bits per heavy atom. The molecule has 1 rings (SSSR count). The molecular formula is C14H23NO3. The van der Waals surface area contributed by atoms with Crippen LogP contribution in [-0.4, -0.2) is 38.0 Å². The van der Waals surface area contributed by atoms with Crippen LogP contribution >= 0.6 is 0 Å². The molecule has 0 spiro atoms. The third-order valence-electron chi connectivity index (χ3n) is 2.86. The molecule has 0 saturated heterocycles. The first-order valence-electron chi connectivity index (χ1n) is 6.09. The largest absolute Gasteiger partial charge is 0.493 e. The minimum absolute atomic E-state index is 0.124. The van der Waals surface area contributed by atoms with Crippen molar-refractivity contribution in [1.29, 1.82) is 0 Å². The summed E-state index contributed by atoms with van der Waals surface area (Å²) in [5.41, 5.74) is 0.935. The van der Waals surface area contributed by atoms with E-state index < -0.39 is 0 Å². The van der Waals surface area contributed by atoms with E-state index in [1.165, 1.54) is 5.56 Å². The van der Waals surface area contributed by atoms with E-state index in [0.717, 1.165) is 24.5 Å². The summed E-state index contributed by atoms with van der Waals surface area (Å²) in [6.45, 7) is 4.88. The lowest BCUT2D eigenvalue weighted by Crippen LogP contribution is -2.43. The lowest BCUT2D eigenvalue weighted by molar-refractivity contribution is 0.189. The van der Waals surface area contributed by atoms with Crippen molar-refractivity contribution in [3.63, 3.8) is 0 Å². The van der Waals surface area contributed by atoms with Gasteiger partial charge < -0.3 is 19.9 Å². The summed E-state index contributed by atoms with van der Waals surface area (Å²) in [6, 6.07) is 5.91. The van der Waals surface area contributed by atoms with E-state index in [4.69, 9.17) is 14.6 Å². The predicted molar refractivity (Wildman–Crippen MR) is 72.4 cm³/mol. The fraction of sp³-hybridized carbons (Fsp3) is 0.571. The highest BCUT2D eigenvalue weighted by Crippen LogP contribution is 2.27. The molecule has 4 nitrogen and oxygen atoms in total. The van der Waals surface area contributed by atoms with Crippen LogP contribution in [-0.2, 0) is 6.42 Å². The monoisotopic (exact) mass is 253 g/mol. The maximum Gasteiger partial charge on any atom is 0.160 e. The molecule has 102 valence electrons. The summed E-state index contributed by atoms with van der Waals surface area (Å²) in [4.78, 5) is 0. The van der Waals surface area contributed by atoms with Crippen molar-refractivity contribution in [2.75, 3.05) is 27.4 Å². The molecule has 0 aromatic heterocycles. The van der Waals surface area contributed by atoms with Gasteiger partial charge in [0.2, 0.25) is 0 Å². The van der Waals surface area contributed by atoms with E-state index in [1.54, 1.807) is 14.2 Å². The molecule has 2 N–H and O–H groups in total. The topological polar surface area (TPSA) is 50.7 Å². The Morgan fingerprint density at radius 2 is 1.83 bits per heavy atom. The van der Waals surface area contributed by atoms with Gasteiger partial charge in [0.05, 0.1) is 20.8 Å². The van der Waals surface area contributed by atoms with E-state index in [0.29, 0.717) is 0 Å². The van der Waals surface area contributed by atoms with Gasteiger partial charge in [0.25, 0.3) is 0 Å². The quantitative estimate of drug-likeness (QED) is 0.775. The number of nitrogens with one attached hydrogen (secondary N) is 1. The maximum absolute atomic E-state index is 9.14. The van der Waals surface area contributed by atoms with Crippen LogP contribution in [0.3, 0.4) is 0 Å². The fourth-order valence-corrected chi connectivity index (χ4v) is 1.64. The van der Waals surface area contributed by atoms with Crippen LogP contribution in [0.1, 0.15) is 19.4 Å². The SMILES string of the molecule is COc1ccc(CCNC(C)(C)CO)cc1OC. The highest BCUT2D eigenvalue weighted by molar-refractivity contribution is 5.42. The average Bonchev–Trinajstić information content (AvgIpc) is 2.38. The van der Waals surface area contributed by atoms with Gasteiger partial charge in [-0.3, -0.25) is 0 Å². The van der Waals surface area contributed by atoms with Gasteiger partial charge in [-0.05, 0) is 44.5 Å². The van der Waals surface area contributed by atoms with Crippen molar-refractivity contribution in [1.82, 2.24) is 5.32 Å². The third-order valence-corrected chi connectivity index (χ3v) is 2.86. The Morgan fingerprint density at radius 1 is 1.17 bits per heavy atom. The zero-order chi connectivity index (χ0) is 13.6. The molecule has 0 aliphatic carbocycles. The molecule has 0 amide bonds. The summed E-state index contributed by atoms with van der Waals surface area (Å²) in [5.74, 6) is 1.49. The van der Waals surface area contributed by atoms with Crippen molar-refractivity contribution in [3.8, 4) is 11.5 Å².